The van der Waals surface area contributed by atoms with Crippen LogP contribution in [0.15, 0.2) is 336 Å². The van der Waals surface area contributed by atoms with Crippen molar-refractivity contribution in [2.24, 2.45) is 0 Å². The molecule has 2 nitrogen and oxygen atoms in total. The zero-order valence-corrected chi connectivity index (χ0v) is 50.0. The molecule has 0 radical (unpaired) electrons. The molecule has 0 aliphatic rings. The zero-order chi connectivity index (χ0) is 60.4. The van der Waals surface area contributed by atoms with Gasteiger partial charge in [0.25, 0.3) is 0 Å². The summed E-state index contributed by atoms with van der Waals surface area (Å²) >= 11 is 0. The molecule has 0 amide bonds. The molecule has 0 N–H and O–H groups in total. The van der Waals surface area contributed by atoms with Crippen molar-refractivity contribution >= 4 is 109 Å². The van der Waals surface area contributed by atoms with Crippen molar-refractivity contribution in [2.45, 2.75) is 0 Å². The first-order valence-electron chi connectivity index (χ1n) is 31.7. The Kier molecular flexibility index (Phi) is 11.7. The van der Waals surface area contributed by atoms with E-state index >= 15 is 0 Å². The molecule has 2 heteroatoms. The fourth-order valence-electron chi connectivity index (χ4n) is 15.4. The summed E-state index contributed by atoms with van der Waals surface area (Å²) in [5.41, 5.74) is 22.6. The lowest BCUT2D eigenvalue weighted by Crippen LogP contribution is -1.92. The van der Waals surface area contributed by atoms with Gasteiger partial charge in [-0.05, 0) is 184 Å². The standard InChI is InChI=1S/C90H54O2/c1-2-19-58(20-3-1)84-70-23-6-8-25-72(70)86(73-26-9-7-24-71(73)84)63-48-46-60-53-62(47-45-61(60)54-63)66-50-51-67(90-89(66)80-32-15-17-35-82(80)92-90)57-39-37-55(38-40-57)64-49-52-78(69-22-5-4-21-68(64)69)87-76-29-12-10-27-74(76)85(75-28-11-13-30-77(75)87)59-43-41-56(42-44-59)65-33-18-36-83-88(65)79-31-14-16-34-81(79)91-83/h1-54H. The maximum atomic E-state index is 6.92. The Balaban J connectivity index is 0.674. The Bertz CT molecular complexity index is 6110. The van der Waals surface area contributed by atoms with Gasteiger partial charge in [0.2, 0.25) is 0 Å². The summed E-state index contributed by atoms with van der Waals surface area (Å²) in [6.45, 7) is 0. The molecule has 2 heterocycles. The molecule has 0 aliphatic carbocycles. The van der Waals surface area contributed by atoms with Gasteiger partial charge in [-0.2, -0.15) is 0 Å². The maximum absolute atomic E-state index is 6.92. The van der Waals surface area contributed by atoms with E-state index in [9.17, 15) is 0 Å². The van der Waals surface area contributed by atoms with Gasteiger partial charge < -0.3 is 8.83 Å². The first-order chi connectivity index (χ1) is 45.6. The number of rotatable bonds is 8. The van der Waals surface area contributed by atoms with Gasteiger partial charge in [-0.1, -0.05) is 291 Å². The van der Waals surface area contributed by atoms with Gasteiger partial charge in [0.15, 0.2) is 0 Å². The molecule has 19 rings (SSSR count). The molecule has 17 aromatic carbocycles. The molecule has 19 aromatic rings. The summed E-state index contributed by atoms with van der Waals surface area (Å²) < 4.78 is 13.2. The Hall–Kier alpha value is -12.1. The van der Waals surface area contributed by atoms with Crippen molar-refractivity contribution in [3.05, 3.63) is 328 Å². The lowest BCUT2D eigenvalue weighted by atomic mass is 9.83. The van der Waals surface area contributed by atoms with E-state index < -0.39 is 0 Å². The Morgan fingerprint density at radius 3 is 1.09 bits per heavy atom. The summed E-state index contributed by atoms with van der Waals surface area (Å²) in [6, 6.07) is 120. The number of fused-ring (bicyclic) bond motifs is 12. The fraction of sp³-hybridized carbons (Fsp3) is 0. The molecule has 0 saturated heterocycles. The van der Waals surface area contributed by atoms with Crippen molar-refractivity contribution in [1.29, 1.82) is 0 Å². The summed E-state index contributed by atoms with van der Waals surface area (Å²) in [5, 5.41) is 19.2. The molecule has 0 unspecified atom stereocenters. The predicted molar refractivity (Wildman–Crippen MR) is 390 cm³/mol. The van der Waals surface area contributed by atoms with Gasteiger partial charge in [-0.15, -0.1) is 0 Å². The number of furan rings is 2. The molecule has 426 valence electrons. The summed E-state index contributed by atoms with van der Waals surface area (Å²) in [7, 11) is 0. The van der Waals surface area contributed by atoms with Crippen molar-refractivity contribution in [2.75, 3.05) is 0 Å². The molecule has 0 fully saturated rings. The Morgan fingerprint density at radius 2 is 0.511 bits per heavy atom. The highest BCUT2D eigenvalue weighted by Gasteiger charge is 2.23. The average molecular weight is 1170 g/mol. The highest BCUT2D eigenvalue weighted by atomic mass is 16.3. The molecule has 0 spiro atoms. The topological polar surface area (TPSA) is 26.3 Å². The van der Waals surface area contributed by atoms with Crippen LogP contribution < -0.4 is 0 Å². The van der Waals surface area contributed by atoms with E-state index in [1.807, 2.05) is 12.1 Å². The van der Waals surface area contributed by atoms with Crippen molar-refractivity contribution in [3.63, 3.8) is 0 Å². The molecular formula is C90H54O2. The maximum Gasteiger partial charge on any atom is 0.143 e. The molecule has 2 aromatic heterocycles. The van der Waals surface area contributed by atoms with Crippen LogP contribution in [0.4, 0.5) is 0 Å². The number of hydrogen-bond acceptors (Lipinski definition) is 2. The van der Waals surface area contributed by atoms with E-state index in [-0.39, 0.29) is 0 Å². The van der Waals surface area contributed by atoms with Crippen LogP contribution >= 0.6 is 0 Å². The van der Waals surface area contributed by atoms with E-state index in [0.717, 1.165) is 77.3 Å². The molecule has 0 bridgehead atoms. The third-order valence-electron chi connectivity index (χ3n) is 19.5. The van der Waals surface area contributed by atoms with Crippen molar-refractivity contribution in [1.82, 2.24) is 0 Å². The van der Waals surface area contributed by atoms with E-state index in [1.54, 1.807) is 0 Å². The van der Waals surface area contributed by atoms with Gasteiger partial charge >= 0.3 is 0 Å². The first-order valence-corrected chi connectivity index (χ1v) is 31.7. The van der Waals surface area contributed by atoms with Gasteiger partial charge in [0.05, 0.1) is 0 Å². The van der Waals surface area contributed by atoms with Crippen LogP contribution in [0.2, 0.25) is 0 Å². The molecule has 0 saturated carbocycles. The van der Waals surface area contributed by atoms with E-state index in [1.165, 1.54) is 120 Å². The smallest absolute Gasteiger partial charge is 0.143 e. The minimum absolute atomic E-state index is 0.876. The molecular weight excluding hydrogens is 1110 g/mol. The normalized spacial score (nSPS) is 11.9. The minimum atomic E-state index is 0.876. The second-order valence-corrected chi connectivity index (χ2v) is 24.4. The second kappa shape index (κ2) is 20.8. The van der Waals surface area contributed by atoms with Crippen LogP contribution in [-0.2, 0) is 0 Å². The van der Waals surface area contributed by atoms with Crippen LogP contribution in [0.1, 0.15) is 0 Å². The van der Waals surface area contributed by atoms with Gasteiger partial charge in [0, 0.05) is 27.1 Å². The number of para-hydroxylation sites is 2. The summed E-state index contributed by atoms with van der Waals surface area (Å²) in [5.74, 6) is 0. The Labute approximate surface area is 530 Å². The van der Waals surface area contributed by atoms with Crippen LogP contribution in [0.5, 0.6) is 0 Å². The first kappa shape index (κ1) is 51.9. The van der Waals surface area contributed by atoms with Crippen LogP contribution in [-0.4, -0.2) is 0 Å². The minimum Gasteiger partial charge on any atom is -0.456 e. The van der Waals surface area contributed by atoms with Gasteiger partial charge in [0.1, 0.15) is 22.3 Å². The highest BCUT2D eigenvalue weighted by molar-refractivity contribution is 6.26. The van der Waals surface area contributed by atoms with Crippen molar-refractivity contribution in [3.8, 4) is 89.0 Å². The number of hydrogen-bond donors (Lipinski definition) is 0. The third-order valence-corrected chi connectivity index (χ3v) is 19.5. The monoisotopic (exact) mass is 1170 g/mol. The largest absolute Gasteiger partial charge is 0.456 e. The van der Waals surface area contributed by atoms with E-state index in [2.05, 4.69) is 315 Å². The lowest BCUT2D eigenvalue weighted by Gasteiger charge is -2.20. The SMILES string of the molecule is c1ccc(-c2c3ccccc3c(-c3ccc4cc(-c5ccc(-c6ccc(-c7ccc(-c8c9ccccc9c(-c9ccc(-c%10cccc%11oc%12ccccc%12c%10%11)cc9)c9ccccc89)c8ccccc78)cc6)c6oc7ccccc7c56)ccc4c3)c3ccccc23)cc1. The van der Waals surface area contributed by atoms with Crippen LogP contribution in [0.25, 0.3) is 198 Å². The third kappa shape index (κ3) is 8.07. The van der Waals surface area contributed by atoms with Crippen molar-refractivity contribution < 1.29 is 8.83 Å². The number of benzene rings is 17. The highest BCUT2D eigenvalue weighted by Crippen LogP contribution is 2.50. The van der Waals surface area contributed by atoms with E-state index in [4.69, 9.17) is 8.83 Å². The zero-order valence-electron chi connectivity index (χ0n) is 50.0. The molecule has 0 aliphatic heterocycles. The predicted octanol–water partition coefficient (Wildman–Crippen LogP) is 25.7. The lowest BCUT2D eigenvalue weighted by molar-refractivity contribution is 0.669. The quantitative estimate of drug-likeness (QED) is 0.142. The second-order valence-electron chi connectivity index (χ2n) is 24.4. The van der Waals surface area contributed by atoms with E-state index in [0.29, 0.717) is 0 Å². The average Bonchev–Trinajstić information content (AvgIpc) is 0.967. The molecule has 0 atom stereocenters. The fourth-order valence-corrected chi connectivity index (χ4v) is 15.4. The summed E-state index contributed by atoms with van der Waals surface area (Å²) in [6.07, 6.45) is 0. The Morgan fingerprint density at radius 1 is 0.163 bits per heavy atom. The van der Waals surface area contributed by atoms with Gasteiger partial charge in [-0.25, -0.2) is 0 Å². The van der Waals surface area contributed by atoms with Crippen LogP contribution in [0.3, 0.4) is 0 Å². The summed E-state index contributed by atoms with van der Waals surface area (Å²) in [4.78, 5) is 0. The molecule has 92 heavy (non-hydrogen) atoms. The van der Waals surface area contributed by atoms with Crippen LogP contribution in [0, 0.1) is 0 Å². The van der Waals surface area contributed by atoms with Gasteiger partial charge in [-0.3, -0.25) is 0 Å².